The summed E-state index contributed by atoms with van der Waals surface area (Å²) < 4.78 is 0. The Kier molecular flexibility index (Phi) is 5.84. The third-order valence-electron chi connectivity index (χ3n) is 3.72. The van der Waals surface area contributed by atoms with E-state index >= 15 is 0 Å². The monoisotopic (exact) mass is 319 g/mol. The first-order chi connectivity index (χ1) is 11.1. The molecule has 2 rings (SSSR count). The number of nitrogens with one attached hydrogen (secondary N) is 1. The number of ketones is 1. The van der Waals surface area contributed by atoms with Gasteiger partial charge >= 0.3 is 0 Å². The minimum absolute atomic E-state index is 0.0534. The van der Waals surface area contributed by atoms with E-state index in [0.29, 0.717) is 31.6 Å². The van der Waals surface area contributed by atoms with Crippen molar-refractivity contribution in [1.82, 2.24) is 15.2 Å². The first-order valence-corrected chi connectivity index (χ1v) is 7.54. The zero-order chi connectivity index (χ0) is 16.8. The first-order valence-electron chi connectivity index (χ1n) is 7.54. The number of aliphatic hydroxyl groups excluding tert-OH is 2. The summed E-state index contributed by atoms with van der Waals surface area (Å²) in [5.74, 6) is -1.34. The van der Waals surface area contributed by atoms with Gasteiger partial charge in [-0.1, -0.05) is 6.07 Å². The van der Waals surface area contributed by atoms with Crippen LogP contribution in [0.1, 0.15) is 24.9 Å². The van der Waals surface area contributed by atoms with Crippen molar-refractivity contribution in [3.63, 3.8) is 0 Å². The van der Waals surface area contributed by atoms with Crippen LogP contribution in [0.2, 0.25) is 0 Å². The molecule has 1 atom stereocenters. The van der Waals surface area contributed by atoms with E-state index in [1.807, 2.05) is 0 Å². The van der Waals surface area contributed by atoms with Gasteiger partial charge in [-0.25, -0.2) is 0 Å². The number of aliphatic hydroxyl groups is 2. The summed E-state index contributed by atoms with van der Waals surface area (Å²) in [7, 11) is 0. The number of amides is 1. The summed E-state index contributed by atoms with van der Waals surface area (Å²) in [6, 6.07) is 2.91. The molecule has 23 heavy (non-hydrogen) atoms. The lowest BCUT2D eigenvalue weighted by Crippen LogP contribution is -2.33. The van der Waals surface area contributed by atoms with Crippen LogP contribution < -0.4 is 5.32 Å². The molecule has 3 N–H and O–H groups in total. The van der Waals surface area contributed by atoms with E-state index in [9.17, 15) is 14.7 Å². The molecule has 0 bridgehead atoms. The molecule has 2 heterocycles. The highest BCUT2D eigenvalue weighted by atomic mass is 16.3. The zero-order valence-electron chi connectivity index (χ0n) is 13.0. The van der Waals surface area contributed by atoms with Crippen LogP contribution in [0.3, 0.4) is 0 Å². The van der Waals surface area contributed by atoms with E-state index in [4.69, 9.17) is 5.11 Å². The van der Waals surface area contributed by atoms with Gasteiger partial charge in [0.2, 0.25) is 0 Å². The minimum atomic E-state index is -0.605. The van der Waals surface area contributed by atoms with Crippen LogP contribution in [0.15, 0.2) is 35.9 Å². The van der Waals surface area contributed by atoms with E-state index in [0.717, 1.165) is 0 Å². The average Bonchev–Trinajstić information content (AvgIpc) is 2.80. The van der Waals surface area contributed by atoms with Crippen molar-refractivity contribution in [2.45, 2.75) is 19.4 Å². The van der Waals surface area contributed by atoms with E-state index in [2.05, 4.69) is 10.3 Å². The van der Waals surface area contributed by atoms with E-state index in [1.54, 1.807) is 24.5 Å². The smallest absolute Gasteiger partial charge is 0.290 e. The van der Waals surface area contributed by atoms with Crippen LogP contribution >= 0.6 is 0 Å². The van der Waals surface area contributed by atoms with Crippen molar-refractivity contribution in [2.75, 3.05) is 26.2 Å². The summed E-state index contributed by atoms with van der Waals surface area (Å²) >= 11 is 0. The summed E-state index contributed by atoms with van der Waals surface area (Å²) in [5.41, 5.74) is 0.810. The number of hydrogen-bond acceptors (Lipinski definition) is 6. The Morgan fingerprint density at radius 1 is 1.43 bits per heavy atom. The Labute approximate surface area is 134 Å². The van der Waals surface area contributed by atoms with Gasteiger partial charge in [-0.3, -0.25) is 14.6 Å². The molecule has 1 amide bonds. The zero-order valence-corrected chi connectivity index (χ0v) is 13.0. The fourth-order valence-electron chi connectivity index (χ4n) is 2.71. The topological polar surface area (TPSA) is 103 Å². The molecule has 1 aromatic rings. The molecular formula is C16H21N3O4. The van der Waals surface area contributed by atoms with Gasteiger partial charge in [0, 0.05) is 25.5 Å². The third-order valence-corrected chi connectivity index (χ3v) is 3.72. The molecule has 1 aromatic heterocycles. The predicted octanol–water partition coefficient (Wildman–Crippen LogP) is 0.338. The van der Waals surface area contributed by atoms with Crippen molar-refractivity contribution in [3.05, 3.63) is 41.4 Å². The molecule has 0 aromatic carbocycles. The lowest BCUT2D eigenvalue weighted by molar-refractivity contribution is -0.129. The van der Waals surface area contributed by atoms with Gasteiger partial charge in [-0.15, -0.1) is 0 Å². The lowest BCUT2D eigenvalue weighted by Gasteiger charge is -2.26. The van der Waals surface area contributed by atoms with Gasteiger partial charge < -0.3 is 20.4 Å². The molecule has 124 valence electrons. The summed E-state index contributed by atoms with van der Waals surface area (Å²) in [4.78, 5) is 29.7. The number of carbonyl (C=O) groups excluding carboxylic acids is 2. The van der Waals surface area contributed by atoms with Crippen molar-refractivity contribution >= 4 is 11.7 Å². The maximum absolute atomic E-state index is 12.3. The molecule has 0 saturated heterocycles. The number of aromatic nitrogens is 1. The predicted molar refractivity (Wildman–Crippen MR) is 83.6 cm³/mol. The van der Waals surface area contributed by atoms with Crippen molar-refractivity contribution < 1.29 is 19.8 Å². The summed E-state index contributed by atoms with van der Waals surface area (Å²) in [6.07, 6.45) is 3.85. The molecule has 0 saturated carbocycles. The molecule has 0 spiro atoms. The number of nitrogens with zero attached hydrogens (tertiary/aromatic N) is 2. The van der Waals surface area contributed by atoms with Gasteiger partial charge in [0.05, 0.1) is 18.2 Å². The Morgan fingerprint density at radius 3 is 2.83 bits per heavy atom. The molecule has 0 radical (unpaired) electrons. The Morgan fingerprint density at radius 2 is 2.22 bits per heavy atom. The molecule has 1 aliphatic heterocycles. The van der Waals surface area contributed by atoms with Gasteiger partial charge in [0.25, 0.3) is 5.91 Å². The number of rotatable bonds is 8. The fourth-order valence-corrected chi connectivity index (χ4v) is 2.71. The van der Waals surface area contributed by atoms with Gasteiger partial charge in [-0.05, 0) is 31.5 Å². The summed E-state index contributed by atoms with van der Waals surface area (Å²) in [6.45, 7) is 2.90. The Bertz CT molecular complexity index is 601. The van der Waals surface area contributed by atoms with E-state index < -0.39 is 17.7 Å². The van der Waals surface area contributed by atoms with Gasteiger partial charge in [0.15, 0.2) is 11.5 Å². The first kappa shape index (κ1) is 17.1. The van der Waals surface area contributed by atoms with Crippen LogP contribution in [-0.4, -0.2) is 58.0 Å². The molecule has 1 aliphatic rings. The van der Waals surface area contributed by atoms with Crippen LogP contribution in [0.5, 0.6) is 0 Å². The van der Waals surface area contributed by atoms with Crippen LogP contribution in [0.25, 0.3) is 0 Å². The van der Waals surface area contributed by atoms with Crippen LogP contribution in [0, 0.1) is 0 Å². The Hall–Kier alpha value is -2.25. The standard InChI is InChI=1S/C16H21N3O4/c1-11(21)13-14(12-4-2-5-18-10-12)19(16(23)15(13)22)8-3-6-17-7-9-20/h2,4-5,10,14,17,20,22H,3,6-9H2,1H3. The largest absolute Gasteiger partial charge is 0.503 e. The normalized spacial score (nSPS) is 17.9. The molecule has 0 aliphatic carbocycles. The SMILES string of the molecule is CC(=O)C1=C(O)C(=O)N(CCCNCCO)C1c1cccnc1. The highest BCUT2D eigenvalue weighted by Gasteiger charge is 2.41. The molecule has 7 nitrogen and oxygen atoms in total. The average molecular weight is 319 g/mol. The highest BCUT2D eigenvalue weighted by molar-refractivity contribution is 6.08. The Balaban J connectivity index is 2.19. The number of pyridine rings is 1. The molecule has 7 heteroatoms. The quantitative estimate of drug-likeness (QED) is 0.597. The highest BCUT2D eigenvalue weighted by Crippen LogP contribution is 2.37. The second-order valence-corrected chi connectivity index (χ2v) is 5.33. The van der Waals surface area contributed by atoms with Crippen molar-refractivity contribution in [1.29, 1.82) is 0 Å². The summed E-state index contributed by atoms with van der Waals surface area (Å²) in [5, 5.41) is 21.8. The van der Waals surface area contributed by atoms with Gasteiger partial charge in [-0.2, -0.15) is 0 Å². The van der Waals surface area contributed by atoms with E-state index in [1.165, 1.54) is 11.8 Å². The van der Waals surface area contributed by atoms with Gasteiger partial charge in [0.1, 0.15) is 0 Å². The maximum atomic E-state index is 12.3. The van der Waals surface area contributed by atoms with Crippen LogP contribution in [0.4, 0.5) is 0 Å². The van der Waals surface area contributed by atoms with Crippen LogP contribution in [-0.2, 0) is 9.59 Å². The molecule has 1 unspecified atom stereocenters. The number of hydrogen-bond donors (Lipinski definition) is 3. The fraction of sp³-hybridized carbons (Fsp3) is 0.438. The maximum Gasteiger partial charge on any atom is 0.290 e. The molecule has 0 fully saturated rings. The van der Waals surface area contributed by atoms with E-state index in [-0.39, 0.29) is 18.0 Å². The second-order valence-electron chi connectivity index (χ2n) is 5.33. The number of carbonyl (C=O) groups is 2. The molecular weight excluding hydrogens is 298 g/mol. The van der Waals surface area contributed by atoms with Crippen molar-refractivity contribution in [3.8, 4) is 0 Å². The second kappa shape index (κ2) is 7.85. The minimum Gasteiger partial charge on any atom is -0.503 e. The van der Waals surface area contributed by atoms with Crippen molar-refractivity contribution in [2.24, 2.45) is 0 Å². The number of Topliss-reactive ketones (excluding diaryl/α,β-unsaturated/α-hetero) is 1. The lowest BCUT2D eigenvalue weighted by atomic mass is 9.98. The third kappa shape index (κ3) is 3.75.